The monoisotopic (exact) mass is 511 g/mol. The fourth-order valence-corrected chi connectivity index (χ4v) is 5.41. The molecule has 0 saturated heterocycles. The predicted octanol–water partition coefficient (Wildman–Crippen LogP) is 5.28. The maximum atomic E-state index is 13.9. The van der Waals surface area contributed by atoms with Crippen molar-refractivity contribution in [3.05, 3.63) is 93.7 Å². The van der Waals surface area contributed by atoms with E-state index < -0.39 is 6.04 Å². The van der Waals surface area contributed by atoms with Crippen molar-refractivity contribution in [2.45, 2.75) is 38.8 Å². The first-order valence-electron chi connectivity index (χ1n) is 11.9. The number of hydrogen-bond acceptors (Lipinski definition) is 7. The quantitative estimate of drug-likeness (QED) is 0.321. The molecule has 186 valence electrons. The van der Waals surface area contributed by atoms with Gasteiger partial charge in [-0.15, -0.1) is 10.2 Å². The number of nitrogens with one attached hydrogen (secondary N) is 2. The van der Waals surface area contributed by atoms with Gasteiger partial charge in [0, 0.05) is 27.9 Å². The molecular formula is C27H25N7O2S. The Labute approximate surface area is 217 Å². The first kappa shape index (κ1) is 23.1. The Morgan fingerprint density at radius 1 is 1.03 bits per heavy atom. The lowest BCUT2D eigenvalue weighted by atomic mass is 9.85. The maximum Gasteiger partial charge on any atom is 0.280 e. The number of carbonyl (C=O) groups is 1. The molecule has 1 atom stereocenters. The normalized spacial score (nSPS) is 15.3. The van der Waals surface area contributed by atoms with Crippen molar-refractivity contribution in [2.24, 2.45) is 0 Å². The molecule has 1 aliphatic rings. The van der Waals surface area contributed by atoms with Gasteiger partial charge in [-0.25, -0.2) is 0 Å². The lowest BCUT2D eigenvalue weighted by molar-refractivity contribution is 0.0988. The summed E-state index contributed by atoms with van der Waals surface area (Å²) < 4.78 is 6.15. The van der Waals surface area contributed by atoms with E-state index in [4.69, 9.17) is 4.74 Å². The number of nitrogens with zero attached hydrogens (tertiary/aromatic N) is 5. The molecule has 1 unspecified atom stereocenters. The SMILES string of the molecule is CC(C)(C)c1[nH]nc2c1C(c1ccccc1OCc1nn[nH]n1)N(c1ccc(-c3ccsc3)cc1)C2=O. The molecule has 2 aromatic carbocycles. The van der Waals surface area contributed by atoms with E-state index in [0.29, 0.717) is 17.3 Å². The molecule has 0 fully saturated rings. The Morgan fingerprint density at radius 2 is 1.84 bits per heavy atom. The summed E-state index contributed by atoms with van der Waals surface area (Å²) in [4.78, 5) is 15.7. The Bertz CT molecular complexity index is 1530. The minimum Gasteiger partial charge on any atom is -0.485 e. The third-order valence-corrected chi connectivity index (χ3v) is 7.15. The number of aromatic nitrogens is 6. The number of anilines is 1. The van der Waals surface area contributed by atoms with E-state index in [9.17, 15) is 4.79 Å². The van der Waals surface area contributed by atoms with Crippen LogP contribution in [0, 0.1) is 0 Å². The fraction of sp³-hybridized carbons (Fsp3) is 0.222. The third-order valence-electron chi connectivity index (χ3n) is 6.47. The molecule has 10 heteroatoms. The van der Waals surface area contributed by atoms with Crippen LogP contribution in [0.25, 0.3) is 11.1 Å². The zero-order valence-corrected chi connectivity index (χ0v) is 21.4. The molecule has 0 bridgehead atoms. The molecule has 6 rings (SSSR count). The highest BCUT2D eigenvalue weighted by atomic mass is 32.1. The van der Waals surface area contributed by atoms with Crippen molar-refractivity contribution < 1.29 is 9.53 Å². The first-order valence-corrected chi connectivity index (χ1v) is 12.8. The van der Waals surface area contributed by atoms with E-state index in [1.54, 1.807) is 11.3 Å². The summed E-state index contributed by atoms with van der Waals surface area (Å²) in [6, 6.07) is 17.5. The maximum absolute atomic E-state index is 13.9. The number of thiophene rings is 1. The molecule has 0 spiro atoms. The number of rotatable bonds is 6. The second kappa shape index (κ2) is 8.97. The molecule has 0 aliphatic carbocycles. The minimum atomic E-state index is -0.427. The fourth-order valence-electron chi connectivity index (χ4n) is 4.74. The third kappa shape index (κ3) is 4.09. The lowest BCUT2D eigenvalue weighted by Crippen LogP contribution is -2.30. The summed E-state index contributed by atoms with van der Waals surface area (Å²) in [5.74, 6) is 0.930. The van der Waals surface area contributed by atoms with Gasteiger partial charge in [-0.3, -0.25) is 14.8 Å². The van der Waals surface area contributed by atoms with Crippen molar-refractivity contribution in [2.75, 3.05) is 4.90 Å². The standard InChI is InChI=1S/C27H25N7O2S/c1-27(2,3)25-22-23(30-31-25)26(35)34(18-10-8-16(9-11-18)17-12-13-37-15-17)24(22)19-6-4-5-7-20(19)36-14-21-28-32-33-29-21/h4-13,15,24H,14H2,1-3H3,(H,30,31)(H,28,29,32,33). The molecule has 4 heterocycles. The van der Waals surface area contributed by atoms with Crippen LogP contribution in [0.3, 0.4) is 0 Å². The van der Waals surface area contributed by atoms with Gasteiger partial charge in [-0.05, 0) is 46.2 Å². The van der Waals surface area contributed by atoms with Gasteiger partial charge >= 0.3 is 0 Å². The highest BCUT2D eigenvalue weighted by Gasteiger charge is 2.45. The zero-order chi connectivity index (χ0) is 25.6. The van der Waals surface area contributed by atoms with Crippen LogP contribution >= 0.6 is 11.3 Å². The van der Waals surface area contributed by atoms with Crippen LogP contribution in [0.15, 0.2) is 65.4 Å². The smallest absolute Gasteiger partial charge is 0.280 e. The van der Waals surface area contributed by atoms with E-state index >= 15 is 0 Å². The van der Waals surface area contributed by atoms with Crippen LogP contribution in [0.2, 0.25) is 0 Å². The van der Waals surface area contributed by atoms with Crippen LogP contribution in [-0.2, 0) is 12.0 Å². The van der Waals surface area contributed by atoms with Crippen molar-refractivity contribution in [3.63, 3.8) is 0 Å². The zero-order valence-electron chi connectivity index (χ0n) is 20.6. The molecule has 37 heavy (non-hydrogen) atoms. The Morgan fingerprint density at radius 3 is 2.54 bits per heavy atom. The Balaban J connectivity index is 1.46. The second-order valence-electron chi connectivity index (χ2n) is 9.90. The van der Waals surface area contributed by atoms with Gasteiger partial charge in [0.1, 0.15) is 5.75 Å². The largest absolute Gasteiger partial charge is 0.485 e. The number of benzene rings is 2. The summed E-state index contributed by atoms with van der Waals surface area (Å²) >= 11 is 1.66. The molecule has 5 aromatic rings. The number of H-pyrrole nitrogens is 2. The van der Waals surface area contributed by atoms with Gasteiger partial charge in [-0.2, -0.15) is 21.6 Å². The molecule has 3 aromatic heterocycles. The van der Waals surface area contributed by atoms with Crippen molar-refractivity contribution in [1.29, 1.82) is 0 Å². The van der Waals surface area contributed by atoms with Crippen molar-refractivity contribution in [3.8, 4) is 16.9 Å². The minimum absolute atomic E-state index is 0.147. The van der Waals surface area contributed by atoms with Gasteiger partial charge in [0.15, 0.2) is 12.3 Å². The predicted molar refractivity (Wildman–Crippen MR) is 141 cm³/mol. The van der Waals surface area contributed by atoms with E-state index in [2.05, 4.69) is 68.4 Å². The molecule has 1 aliphatic heterocycles. The number of hydrogen-bond donors (Lipinski definition) is 2. The Kier molecular flexibility index (Phi) is 5.60. The van der Waals surface area contributed by atoms with Crippen molar-refractivity contribution >= 4 is 22.9 Å². The molecule has 1 amide bonds. The average molecular weight is 512 g/mol. The highest BCUT2D eigenvalue weighted by Crippen LogP contribution is 2.47. The summed E-state index contributed by atoms with van der Waals surface area (Å²) in [6.07, 6.45) is 0. The summed E-state index contributed by atoms with van der Waals surface area (Å²) in [7, 11) is 0. The van der Waals surface area contributed by atoms with Gasteiger partial charge in [0.25, 0.3) is 5.91 Å². The second-order valence-corrected chi connectivity index (χ2v) is 10.7. The number of carbonyl (C=O) groups excluding carboxylic acids is 1. The number of amides is 1. The highest BCUT2D eigenvalue weighted by molar-refractivity contribution is 7.08. The Hall–Kier alpha value is -4.31. The molecular weight excluding hydrogens is 486 g/mol. The van der Waals surface area contributed by atoms with Crippen LogP contribution in [0.5, 0.6) is 5.75 Å². The van der Waals surface area contributed by atoms with Gasteiger partial charge in [0.05, 0.1) is 6.04 Å². The average Bonchev–Trinajstić information content (AvgIpc) is 3.69. The van der Waals surface area contributed by atoms with E-state index in [1.807, 2.05) is 53.4 Å². The van der Waals surface area contributed by atoms with Gasteiger partial charge < -0.3 is 4.74 Å². The molecule has 0 radical (unpaired) electrons. The molecule has 2 N–H and O–H groups in total. The van der Waals surface area contributed by atoms with E-state index in [-0.39, 0.29) is 17.9 Å². The summed E-state index contributed by atoms with van der Waals surface area (Å²) in [5, 5.41) is 25.8. The number of aromatic amines is 2. The van der Waals surface area contributed by atoms with Crippen LogP contribution in [0.4, 0.5) is 5.69 Å². The number of fused-ring (bicyclic) bond motifs is 1. The van der Waals surface area contributed by atoms with Gasteiger partial charge in [0.2, 0.25) is 5.82 Å². The number of tetrazole rings is 1. The first-order chi connectivity index (χ1) is 17.9. The van der Waals surface area contributed by atoms with Crippen molar-refractivity contribution in [1.82, 2.24) is 30.8 Å². The van der Waals surface area contributed by atoms with E-state index in [1.165, 1.54) is 0 Å². The van der Waals surface area contributed by atoms with Crippen LogP contribution in [0.1, 0.15) is 59.9 Å². The topological polar surface area (TPSA) is 113 Å². The lowest BCUT2D eigenvalue weighted by Gasteiger charge is -2.29. The molecule has 9 nitrogen and oxygen atoms in total. The summed E-state index contributed by atoms with van der Waals surface area (Å²) in [5.41, 5.74) is 5.88. The summed E-state index contributed by atoms with van der Waals surface area (Å²) in [6.45, 7) is 6.48. The van der Waals surface area contributed by atoms with E-state index in [0.717, 1.165) is 33.6 Å². The molecule has 0 saturated carbocycles. The van der Waals surface area contributed by atoms with Crippen LogP contribution < -0.4 is 9.64 Å². The van der Waals surface area contributed by atoms with Crippen LogP contribution in [-0.4, -0.2) is 36.7 Å². The number of ether oxygens (including phenoxy) is 1. The van der Waals surface area contributed by atoms with Gasteiger partial charge in [-0.1, -0.05) is 56.3 Å². The number of para-hydroxylation sites is 1.